The third-order valence-corrected chi connectivity index (χ3v) is 7.22. The Morgan fingerprint density at radius 2 is 1.91 bits per heavy atom. The number of hydrogen-bond donors (Lipinski definition) is 1. The van der Waals surface area contributed by atoms with Crippen molar-refractivity contribution in [2.45, 2.75) is 45.6 Å². The summed E-state index contributed by atoms with van der Waals surface area (Å²) in [5.41, 5.74) is 0.546. The molecule has 172 valence electrons. The topological polar surface area (TPSA) is 91.8 Å². The van der Waals surface area contributed by atoms with Gasteiger partial charge in [-0.3, -0.25) is 14.4 Å². The fourth-order valence-corrected chi connectivity index (χ4v) is 5.33. The molecule has 0 radical (unpaired) electrons. The second-order valence-electron chi connectivity index (χ2n) is 9.52. The van der Waals surface area contributed by atoms with Gasteiger partial charge in [-0.15, -0.1) is 0 Å². The number of amides is 3. The lowest BCUT2D eigenvalue weighted by molar-refractivity contribution is -0.138. The van der Waals surface area contributed by atoms with E-state index in [-0.39, 0.29) is 41.5 Å². The Kier molecular flexibility index (Phi) is 6.11. The molecule has 1 unspecified atom stereocenters. The molecule has 0 bridgehead atoms. The molecule has 2 aliphatic heterocycles. The van der Waals surface area contributed by atoms with Crippen molar-refractivity contribution >= 4 is 44.4 Å². The highest BCUT2D eigenvalue weighted by Crippen LogP contribution is 2.31. The molecule has 2 aliphatic rings. The number of hydrogen-bond acceptors (Lipinski definition) is 6. The van der Waals surface area contributed by atoms with E-state index in [2.05, 4.69) is 10.3 Å². The van der Waals surface area contributed by atoms with E-state index in [9.17, 15) is 14.4 Å². The van der Waals surface area contributed by atoms with Crippen LogP contribution in [-0.4, -0.2) is 64.8 Å². The number of nitrogens with one attached hydrogen (secondary N) is 1. The first-order valence-corrected chi connectivity index (χ1v) is 11.8. The summed E-state index contributed by atoms with van der Waals surface area (Å²) in [7, 11) is 1.62. The van der Waals surface area contributed by atoms with Crippen molar-refractivity contribution in [2.75, 3.05) is 32.1 Å². The highest BCUT2D eigenvalue weighted by Gasteiger charge is 2.41. The number of carbonyl (C=O) groups is 3. The number of aromatic nitrogens is 1. The molecule has 1 N–H and O–H groups in total. The Labute approximate surface area is 191 Å². The minimum Gasteiger partial charge on any atom is -0.497 e. The molecule has 3 heterocycles. The number of carbonyl (C=O) groups excluding carboxylic acids is 3. The number of thiazole rings is 1. The highest BCUT2D eigenvalue weighted by molar-refractivity contribution is 7.22. The van der Waals surface area contributed by atoms with E-state index in [1.54, 1.807) is 12.0 Å². The molecular weight excluding hydrogens is 428 g/mol. The lowest BCUT2D eigenvalue weighted by Gasteiger charge is -2.34. The fraction of sp³-hybridized carbons (Fsp3) is 0.565. The molecule has 3 amide bonds. The van der Waals surface area contributed by atoms with Crippen LogP contribution in [-0.2, 0) is 14.4 Å². The lowest BCUT2D eigenvalue weighted by atomic mass is 9.94. The van der Waals surface area contributed by atoms with Gasteiger partial charge >= 0.3 is 0 Å². The van der Waals surface area contributed by atoms with Gasteiger partial charge in [0.1, 0.15) is 5.75 Å². The van der Waals surface area contributed by atoms with Crippen LogP contribution in [0.15, 0.2) is 18.2 Å². The quantitative estimate of drug-likeness (QED) is 0.760. The molecule has 32 heavy (non-hydrogen) atoms. The molecule has 0 aliphatic carbocycles. The maximum absolute atomic E-state index is 13.0. The SMILES string of the molecule is COc1ccc2nc(NC(=O)C3CCN(C(=O)C4CC(=O)N(C(C)(C)C)C4)CC3)sc2c1. The summed E-state index contributed by atoms with van der Waals surface area (Å²) in [6.45, 7) is 7.52. The van der Waals surface area contributed by atoms with Gasteiger partial charge in [0, 0.05) is 37.5 Å². The number of nitrogens with zero attached hydrogens (tertiary/aromatic N) is 3. The van der Waals surface area contributed by atoms with Crippen molar-refractivity contribution in [3.05, 3.63) is 18.2 Å². The minimum atomic E-state index is -0.285. The van der Waals surface area contributed by atoms with Crippen molar-refractivity contribution in [3.63, 3.8) is 0 Å². The Hall–Kier alpha value is -2.68. The summed E-state index contributed by atoms with van der Waals surface area (Å²) in [5.74, 6) is 0.329. The van der Waals surface area contributed by atoms with Gasteiger partial charge in [0.15, 0.2) is 5.13 Å². The van der Waals surface area contributed by atoms with Crippen molar-refractivity contribution < 1.29 is 19.1 Å². The molecule has 9 heteroatoms. The van der Waals surface area contributed by atoms with E-state index in [1.165, 1.54) is 11.3 Å². The van der Waals surface area contributed by atoms with Crippen LogP contribution < -0.4 is 10.1 Å². The van der Waals surface area contributed by atoms with E-state index in [0.717, 1.165) is 16.0 Å². The zero-order valence-corrected chi connectivity index (χ0v) is 19.8. The number of piperidine rings is 1. The summed E-state index contributed by atoms with van der Waals surface area (Å²) in [4.78, 5) is 46.2. The summed E-state index contributed by atoms with van der Waals surface area (Å²) < 4.78 is 6.19. The third-order valence-electron chi connectivity index (χ3n) is 6.29. The second-order valence-corrected chi connectivity index (χ2v) is 10.5. The average molecular weight is 459 g/mol. The largest absolute Gasteiger partial charge is 0.497 e. The zero-order valence-electron chi connectivity index (χ0n) is 19.0. The Balaban J connectivity index is 1.31. The molecule has 8 nitrogen and oxygen atoms in total. The molecule has 2 aromatic rings. The van der Waals surface area contributed by atoms with Gasteiger partial charge in [0.2, 0.25) is 17.7 Å². The minimum absolute atomic E-state index is 0.0316. The number of fused-ring (bicyclic) bond motifs is 1. The van der Waals surface area contributed by atoms with Crippen LogP contribution in [0.5, 0.6) is 5.75 Å². The van der Waals surface area contributed by atoms with E-state index >= 15 is 0 Å². The molecule has 0 saturated carbocycles. The van der Waals surface area contributed by atoms with Gasteiger partial charge in [0.05, 0.1) is 23.2 Å². The summed E-state index contributed by atoms with van der Waals surface area (Å²) in [5, 5.41) is 3.51. The van der Waals surface area contributed by atoms with E-state index in [0.29, 0.717) is 37.6 Å². The number of benzene rings is 1. The van der Waals surface area contributed by atoms with Gasteiger partial charge in [-0.05, 0) is 51.8 Å². The Bertz CT molecular complexity index is 1040. The predicted molar refractivity (Wildman–Crippen MR) is 124 cm³/mol. The second kappa shape index (κ2) is 8.69. The van der Waals surface area contributed by atoms with Crippen LogP contribution in [0.25, 0.3) is 10.2 Å². The predicted octanol–water partition coefficient (Wildman–Crippen LogP) is 3.13. The van der Waals surface area contributed by atoms with Crippen LogP contribution in [0, 0.1) is 11.8 Å². The van der Waals surface area contributed by atoms with Gasteiger partial charge in [-0.25, -0.2) is 4.98 Å². The van der Waals surface area contributed by atoms with Gasteiger partial charge in [-0.1, -0.05) is 11.3 Å². The molecular formula is C23H30N4O4S. The van der Waals surface area contributed by atoms with E-state index in [4.69, 9.17) is 4.74 Å². The number of methoxy groups -OCH3 is 1. The average Bonchev–Trinajstić information content (AvgIpc) is 3.35. The molecule has 0 spiro atoms. The molecule has 1 aromatic heterocycles. The van der Waals surface area contributed by atoms with Crippen LogP contribution >= 0.6 is 11.3 Å². The highest BCUT2D eigenvalue weighted by atomic mass is 32.1. The normalized spacial score (nSPS) is 20.1. The molecule has 2 fully saturated rings. The maximum atomic E-state index is 13.0. The molecule has 2 saturated heterocycles. The van der Waals surface area contributed by atoms with Crippen molar-refractivity contribution in [1.29, 1.82) is 0 Å². The third kappa shape index (κ3) is 4.57. The zero-order chi connectivity index (χ0) is 23.0. The van der Waals surface area contributed by atoms with Crippen molar-refractivity contribution in [3.8, 4) is 5.75 Å². The van der Waals surface area contributed by atoms with Gasteiger partial charge < -0.3 is 19.9 Å². The van der Waals surface area contributed by atoms with Gasteiger partial charge in [-0.2, -0.15) is 0 Å². The maximum Gasteiger partial charge on any atom is 0.229 e. The number of ether oxygens (including phenoxy) is 1. The number of likely N-dealkylation sites (tertiary alicyclic amines) is 2. The Morgan fingerprint density at radius 3 is 2.53 bits per heavy atom. The van der Waals surface area contributed by atoms with Crippen LogP contribution in [0.3, 0.4) is 0 Å². The fourth-order valence-electron chi connectivity index (χ4n) is 4.43. The summed E-state index contributed by atoms with van der Waals surface area (Å²) in [6, 6.07) is 5.62. The van der Waals surface area contributed by atoms with Crippen LogP contribution in [0.4, 0.5) is 5.13 Å². The first-order chi connectivity index (χ1) is 15.2. The number of anilines is 1. The van der Waals surface area contributed by atoms with Gasteiger partial charge in [0.25, 0.3) is 0 Å². The van der Waals surface area contributed by atoms with E-state index < -0.39 is 0 Å². The first kappa shape index (κ1) is 22.5. The first-order valence-electron chi connectivity index (χ1n) is 11.0. The van der Waals surface area contributed by atoms with Crippen molar-refractivity contribution in [2.24, 2.45) is 11.8 Å². The van der Waals surface area contributed by atoms with Crippen LogP contribution in [0.1, 0.15) is 40.0 Å². The Morgan fingerprint density at radius 1 is 1.19 bits per heavy atom. The van der Waals surface area contributed by atoms with E-state index in [1.807, 2.05) is 43.9 Å². The molecule has 4 rings (SSSR count). The number of rotatable bonds is 4. The smallest absolute Gasteiger partial charge is 0.229 e. The summed E-state index contributed by atoms with van der Waals surface area (Å²) >= 11 is 1.42. The van der Waals surface area contributed by atoms with Crippen molar-refractivity contribution in [1.82, 2.24) is 14.8 Å². The molecule has 1 atom stereocenters. The monoisotopic (exact) mass is 458 g/mol. The lowest BCUT2D eigenvalue weighted by Crippen LogP contribution is -2.46. The van der Waals surface area contributed by atoms with Crippen LogP contribution in [0.2, 0.25) is 0 Å². The summed E-state index contributed by atoms with van der Waals surface area (Å²) in [6.07, 6.45) is 1.50. The molecule has 1 aromatic carbocycles. The standard InChI is InChI=1S/C23H30N4O4S/c1-23(2,3)27-13-15(11-19(27)28)21(30)26-9-7-14(8-10-26)20(29)25-22-24-17-6-5-16(31-4)12-18(17)32-22/h5-6,12,14-15H,7-11,13H2,1-4H3,(H,24,25,29).